The number of aldehydes is 1. The monoisotopic (exact) mass is 614 g/mol. The molecule has 2 aliphatic heterocycles. The predicted octanol–water partition coefficient (Wildman–Crippen LogP) is 6.40. The Balaban J connectivity index is 1.34. The van der Waals surface area contributed by atoms with Gasteiger partial charge in [0.05, 0.1) is 30.8 Å². The van der Waals surface area contributed by atoms with E-state index >= 15 is 0 Å². The summed E-state index contributed by atoms with van der Waals surface area (Å²) in [7, 11) is -1.28. The van der Waals surface area contributed by atoms with Crippen molar-refractivity contribution < 1.29 is 33.3 Å². The van der Waals surface area contributed by atoms with Crippen LogP contribution in [0.2, 0.25) is 25.7 Å². The van der Waals surface area contributed by atoms with Crippen molar-refractivity contribution in [3.05, 3.63) is 23.8 Å². The molecule has 0 spiro atoms. The van der Waals surface area contributed by atoms with Crippen LogP contribution in [0.5, 0.6) is 0 Å². The second-order valence-electron chi connectivity index (χ2n) is 16.3. The fourth-order valence-corrected chi connectivity index (χ4v) is 11.4. The van der Waals surface area contributed by atoms with E-state index in [1.165, 1.54) is 6.29 Å². The summed E-state index contributed by atoms with van der Waals surface area (Å²) >= 11 is 0. The molecule has 4 aliphatic carbocycles. The van der Waals surface area contributed by atoms with Gasteiger partial charge in [0.1, 0.15) is 11.7 Å². The first-order valence-electron chi connectivity index (χ1n) is 16.8. The van der Waals surface area contributed by atoms with Gasteiger partial charge in [-0.3, -0.25) is 4.79 Å². The highest BCUT2D eigenvalue weighted by Gasteiger charge is 2.84. The van der Waals surface area contributed by atoms with Gasteiger partial charge in [0.25, 0.3) is 0 Å². The van der Waals surface area contributed by atoms with Gasteiger partial charge in [0, 0.05) is 32.4 Å². The Morgan fingerprint density at radius 2 is 1.98 bits per heavy atom. The Labute approximate surface area is 259 Å². The molecule has 0 radical (unpaired) electrons. The van der Waals surface area contributed by atoms with Gasteiger partial charge in [-0.05, 0) is 67.4 Å². The average molecular weight is 615 g/mol. The molecule has 43 heavy (non-hydrogen) atoms. The molecule has 2 heterocycles. The average Bonchev–Trinajstić information content (AvgIpc) is 3.63. The molecule has 0 amide bonds. The van der Waals surface area contributed by atoms with Crippen molar-refractivity contribution in [3.63, 3.8) is 0 Å². The minimum absolute atomic E-state index is 0.0159. The van der Waals surface area contributed by atoms with Crippen LogP contribution in [0.4, 0.5) is 0 Å². The van der Waals surface area contributed by atoms with Crippen LogP contribution in [0, 0.1) is 51.8 Å². The molecule has 0 aromatic rings. The highest BCUT2D eigenvalue weighted by molar-refractivity contribution is 6.76. The van der Waals surface area contributed by atoms with E-state index in [2.05, 4.69) is 53.1 Å². The number of fused-ring (bicyclic) bond motifs is 3. The normalized spacial score (nSPS) is 44.8. The minimum Gasteiger partial charge on any atom is -0.438 e. The second kappa shape index (κ2) is 11.2. The summed E-state index contributed by atoms with van der Waals surface area (Å²) in [5.41, 5.74) is -0.240. The zero-order valence-corrected chi connectivity index (χ0v) is 28.5. The number of carbonyl (C=O) groups is 2. The number of rotatable bonds is 11. The van der Waals surface area contributed by atoms with Crippen LogP contribution < -0.4 is 0 Å². The Morgan fingerprint density at radius 1 is 1.21 bits per heavy atom. The van der Waals surface area contributed by atoms with Crippen molar-refractivity contribution in [2.24, 2.45) is 51.8 Å². The van der Waals surface area contributed by atoms with E-state index in [9.17, 15) is 9.59 Å². The lowest BCUT2D eigenvalue weighted by Crippen LogP contribution is -2.64. The molecule has 11 atom stereocenters. The molecule has 8 heteroatoms. The number of carbonyl (C=O) groups excluding carboxylic acids is 2. The summed E-state index contributed by atoms with van der Waals surface area (Å²) in [5.74, 6) is 1.16. The summed E-state index contributed by atoms with van der Waals surface area (Å²) < 4.78 is 31.2. The fraction of sp³-hybridized carbons (Fsp3) is 0.829. The van der Waals surface area contributed by atoms with Gasteiger partial charge in [0.15, 0.2) is 13.1 Å². The third kappa shape index (κ3) is 4.63. The van der Waals surface area contributed by atoms with Crippen LogP contribution in [0.1, 0.15) is 59.8 Å². The molecule has 5 fully saturated rings. The highest BCUT2D eigenvalue weighted by Crippen LogP contribution is 2.83. The molecule has 6 aliphatic rings. The zero-order valence-electron chi connectivity index (χ0n) is 27.5. The van der Waals surface area contributed by atoms with Crippen molar-refractivity contribution >= 4 is 20.3 Å². The van der Waals surface area contributed by atoms with E-state index in [1.807, 2.05) is 6.92 Å². The summed E-state index contributed by atoms with van der Waals surface area (Å²) in [6.45, 7) is 21.3. The number of hydrogen-bond acceptors (Lipinski definition) is 7. The first kappa shape index (κ1) is 31.7. The van der Waals surface area contributed by atoms with Gasteiger partial charge in [-0.1, -0.05) is 65.1 Å². The number of hydrogen-bond donors (Lipinski definition) is 0. The lowest BCUT2D eigenvalue weighted by atomic mass is 9.43. The SMILES string of the molecule is C=C1CO[C@H]2[C@@H]1C[C@H](OC[C@@]13C[C@@H]4[C@H](C)CC[C@H]4[C@@]4(C=O)C[C@H]1C=C(C(C)C)[C@@]34C(=O)OCOCC[Si](C)(C)C)O[C@@H]2C. The smallest absolute Gasteiger partial charge is 0.320 e. The molecule has 3 saturated carbocycles. The molecular formula is C35H54O7Si. The molecule has 4 bridgehead atoms. The molecule has 0 N–H and O–H groups in total. The standard InChI is InChI=1S/C35H54O7Si/c1-21(2)29-13-25-15-33(18-36)28-10-9-22(3)27(28)16-34(25,35(29,33)32(37)41-20-38-11-12-43(6,7)8)19-40-30-14-26-23(4)17-39-31(26)24(5)42-30/h13,18,21-22,24-28,30-31H,4,9-12,14-17,19-20H2,1-3,5-8H3/t22-,24-,25-,26-,27-,28-,30-,31-,33+,34+,35+/m1/s1. The third-order valence-electron chi connectivity index (χ3n) is 12.6. The molecule has 0 aromatic heterocycles. The van der Waals surface area contributed by atoms with Gasteiger partial charge < -0.3 is 28.5 Å². The van der Waals surface area contributed by atoms with Crippen molar-refractivity contribution in [1.82, 2.24) is 0 Å². The first-order valence-corrected chi connectivity index (χ1v) is 20.5. The molecule has 2 saturated heterocycles. The number of allylic oxidation sites excluding steroid dienone is 1. The van der Waals surface area contributed by atoms with Gasteiger partial charge in [-0.15, -0.1) is 0 Å². The van der Waals surface area contributed by atoms with E-state index < -0.39 is 30.6 Å². The van der Waals surface area contributed by atoms with Crippen molar-refractivity contribution in [3.8, 4) is 0 Å². The van der Waals surface area contributed by atoms with Crippen LogP contribution in [0.25, 0.3) is 0 Å². The Kier molecular flexibility index (Phi) is 8.23. The maximum atomic E-state index is 14.8. The molecule has 6 rings (SSSR count). The molecule has 240 valence electrons. The van der Waals surface area contributed by atoms with Crippen LogP contribution >= 0.6 is 0 Å². The van der Waals surface area contributed by atoms with Gasteiger partial charge in [-0.2, -0.15) is 0 Å². The van der Waals surface area contributed by atoms with Crippen molar-refractivity contribution in [2.75, 3.05) is 26.6 Å². The van der Waals surface area contributed by atoms with Crippen LogP contribution in [0.3, 0.4) is 0 Å². The first-order chi connectivity index (χ1) is 20.3. The largest absolute Gasteiger partial charge is 0.438 e. The number of esters is 1. The highest BCUT2D eigenvalue weighted by atomic mass is 28.3. The summed E-state index contributed by atoms with van der Waals surface area (Å²) in [6.07, 6.45) is 7.35. The van der Waals surface area contributed by atoms with Gasteiger partial charge in [-0.25, -0.2) is 0 Å². The maximum Gasteiger partial charge on any atom is 0.320 e. The molecule has 0 aromatic carbocycles. The van der Waals surface area contributed by atoms with E-state index in [-0.39, 0.29) is 48.6 Å². The van der Waals surface area contributed by atoms with Crippen molar-refractivity contribution in [1.29, 1.82) is 0 Å². The Morgan fingerprint density at radius 3 is 2.67 bits per heavy atom. The zero-order chi connectivity index (χ0) is 30.9. The maximum absolute atomic E-state index is 14.8. The third-order valence-corrected chi connectivity index (χ3v) is 14.3. The quantitative estimate of drug-likeness (QED) is 0.0665. The Hall–Kier alpha value is -1.32. The van der Waals surface area contributed by atoms with Gasteiger partial charge in [0.2, 0.25) is 0 Å². The summed E-state index contributed by atoms with van der Waals surface area (Å²) in [5, 5.41) is 0. The van der Waals surface area contributed by atoms with E-state index in [0.29, 0.717) is 44.5 Å². The second-order valence-corrected chi connectivity index (χ2v) is 21.9. The van der Waals surface area contributed by atoms with Crippen LogP contribution in [-0.2, 0) is 33.3 Å². The fourth-order valence-electron chi connectivity index (χ4n) is 10.6. The lowest BCUT2D eigenvalue weighted by Gasteiger charge is -2.59. The number of ether oxygens (including phenoxy) is 5. The van der Waals surface area contributed by atoms with E-state index in [4.69, 9.17) is 23.7 Å². The van der Waals surface area contributed by atoms with E-state index in [0.717, 1.165) is 36.5 Å². The van der Waals surface area contributed by atoms with Crippen LogP contribution in [-0.4, -0.2) is 65.4 Å². The lowest BCUT2D eigenvalue weighted by molar-refractivity contribution is -0.250. The van der Waals surface area contributed by atoms with Crippen molar-refractivity contribution in [2.45, 2.75) is 104 Å². The molecule has 0 unspecified atom stereocenters. The van der Waals surface area contributed by atoms with Gasteiger partial charge >= 0.3 is 5.97 Å². The Bertz CT molecular complexity index is 1160. The van der Waals surface area contributed by atoms with Crippen LogP contribution in [0.15, 0.2) is 23.8 Å². The minimum atomic E-state index is -1.28. The predicted molar refractivity (Wildman–Crippen MR) is 167 cm³/mol. The topological polar surface area (TPSA) is 80.3 Å². The molecule has 7 nitrogen and oxygen atoms in total. The van der Waals surface area contributed by atoms with E-state index in [1.54, 1.807) is 0 Å². The molecular weight excluding hydrogens is 560 g/mol. The summed E-state index contributed by atoms with van der Waals surface area (Å²) in [4.78, 5) is 28.5. The summed E-state index contributed by atoms with van der Waals surface area (Å²) in [6, 6.07) is 1.01.